The van der Waals surface area contributed by atoms with Gasteiger partial charge in [0.05, 0.1) is 27.9 Å². The quantitative estimate of drug-likeness (QED) is 0.198. The lowest BCUT2D eigenvalue weighted by Gasteiger charge is -2.13. The van der Waals surface area contributed by atoms with Crippen molar-refractivity contribution in [3.8, 4) is 39.6 Å². The summed E-state index contributed by atoms with van der Waals surface area (Å²) in [6.45, 7) is 0. The average molecular weight is 614 g/mol. The molecule has 10 aromatic rings. The number of benzene rings is 6. The van der Waals surface area contributed by atoms with Crippen LogP contribution in [0, 0.1) is 0 Å². The van der Waals surface area contributed by atoms with Gasteiger partial charge >= 0.3 is 0 Å². The molecule has 0 radical (unpaired) electrons. The molecule has 0 aliphatic heterocycles. The molecule has 0 fully saturated rings. The minimum atomic E-state index is 0.682. The Balaban J connectivity index is 1.28. The van der Waals surface area contributed by atoms with Crippen molar-refractivity contribution in [3.63, 3.8) is 0 Å². The largest absolute Gasteiger partial charge is 0.295 e. The first-order chi connectivity index (χ1) is 23.8. The SMILES string of the molecule is c1ccc(-c2cc(-c3ccccc3)nc(-c3cccc(-n4c5ccccc5c5c6ccccc6c6nc7ccccc7n6c54)c3)n2)cc1. The highest BCUT2D eigenvalue weighted by atomic mass is 15.1. The van der Waals surface area contributed by atoms with Gasteiger partial charge < -0.3 is 0 Å². The van der Waals surface area contributed by atoms with Crippen LogP contribution in [0.1, 0.15) is 0 Å². The Bertz CT molecular complexity index is 2770. The topological polar surface area (TPSA) is 48.0 Å². The van der Waals surface area contributed by atoms with Gasteiger partial charge in [-0.15, -0.1) is 0 Å². The molecule has 4 aromatic heterocycles. The Hall–Kier alpha value is -6.59. The van der Waals surface area contributed by atoms with Gasteiger partial charge in [-0.3, -0.25) is 8.97 Å². The van der Waals surface area contributed by atoms with Crippen molar-refractivity contribution in [2.75, 3.05) is 0 Å². The molecular weight excluding hydrogens is 587 g/mol. The molecule has 5 heteroatoms. The first kappa shape index (κ1) is 26.6. The zero-order valence-electron chi connectivity index (χ0n) is 25.8. The van der Waals surface area contributed by atoms with Crippen molar-refractivity contribution in [1.29, 1.82) is 0 Å². The minimum Gasteiger partial charge on any atom is -0.295 e. The molecule has 0 spiro atoms. The molecule has 0 amide bonds. The summed E-state index contributed by atoms with van der Waals surface area (Å²) in [5.74, 6) is 0.682. The maximum absolute atomic E-state index is 5.17. The molecule has 5 nitrogen and oxygen atoms in total. The van der Waals surface area contributed by atoms with E-state index in [-0.39, 0.29) is 0 Å². The van der Waals surface area contributed by atoms with Gasteiger partial charge in [-0.2, -0.15) is 0 Å². The second-order valence-electron chi connectivity index (χ2n) is 12.1. The minimum absolute atomic E-state index is 0.682. The number of hydrogen-bond acceptors (Lipinski definition) is 3. The van der Waals surface area contributed by atoms with E-state index in [1.807, 2.05) is 36.4 Å². The third-order valence-corrected chi connectivity index (χ3v) is 9.29. The summed E-state index contributed by atoms with van der Waals surface area (Å²) < 4.78 is 4.71. The van der Waals surface area contributed by atoms with Gasteiger partial charge in [0, 0.05) is 38.5 Å². The lowest BCUT2D eigenvalue weighted by molar-refractivity contribution is 1.11. The normalized spacial score (nSPS) is 11.8. The predicted molar refractivity (Wildman–Crippen MR) is 196 cm³/mol. The highest BCUT2D eigenvalue weighted by Gasteiger charge is 2.22. The zero-order chi connectivity index (χ0) is 31.6. The molecular formula is C43H27N5. The molecule has 0 atom stereocenters. The smallest absolute Gasteiger partial charge is 0.160 e. The summed E-state index contributed by atoms with van der Waals surface area (Å²) in [6.07, 6.45) is 0. The van der Waals surface area contributed by atoms with Crippen molar-refractivity contribution in [2.24, 2.45) is 0 Å². The Morgan fingerprint density at radius 1 is 0.417 bits per heavy atom. The molecule has 0 saturated heterocycles. The first-order valence-electron chi connectivity index (χ1n) is 16.1. The summed E-state index contributed by atoms with van der Waals surface area (Å²) >= 11 is 0. The Morgan fingerprint density at radius 2 is 1.00 bits per heavy atom. The van der Waals surface area contributed by atoms with Gasteiger partial charge in [0.2, 0.25) is 0 Å². The van der Waals surface area contributed by atoms with Crippen LogP contribution in [0.4, 0.5) is 0 Å². The number of imidazole rings is 1. The van der Waals surface area contributed by atoms with Gasteiger partial charge in [0.1, 0.15) is 11.3 Å². The van der Waals surface area contributed by atoms with Crippen LogP contribution in [0.25, 0.3) is 89.0 Å². The summed E-state index contributed by atoms with van der Waals surface area (Å²) in [6, 6.07) is 57.0. The Morgan fingerprint density at radius 3 is 1.73 bits per heavy atom. The van der Waals surface area contributed by atoms with E-state index < -0.39 is 0 Å². The molecule has 0 N–H and O–H groups in total. The summed E-state index contributed by atoms with van der Waals surface area (Å²) in [7, 11) is 0. The lowest BCUT2D eigenvalue weighted by atomic mass is 10.1. The van der Waals surface area contributed by atoms with Crippen molar-refractivity contribution in [1.82, 2.24) is 23.9 Å². The molecule has 224 valence electrons. The average Bonchev–Trinajstić information content (AvgIpc) is 3.72. The number of aromatic nitrogens is 5. The third kappa shape index (κ3) is 4.01. The molecule has 0 bridgehead atoms. The summed E-state index contributed by atoms with van der Waals surface area (Å²) in [4.78, 5) is 15.4. The second kappa shape index (κ2) is 10.5. The Labute approximate surface area is 276 Å². The van der Waals surface area contributed by atoms with Crippen molar-refractivity contribution in [2.45, 2.75) is 0 Å². The number of pyridine rings is 1. The van der Waals surface area contributed by atoms with E-state index in [1.165, 1.54) is 16.2 Å². The van der Waals surface area contributed by atoms with Crippen molar-refractivity contribution >= 4 is 49.4 Å². The molecule has 10 rings (SSSR count). The van der Waals surface area contributed by atoms with E-state index in [1.54, 1.807) is 0 Å². The van der Waals surface area contributed by atoms with Gasteiger partial charge in [-0.05, 0) is 41.8 Å². The van der Waals surface area contributed by atoms with Gasteiger partial charge in [-0.1, -0.05) is 127 Å². The predicted octanol–water partition coefficient (Wildman–Crippen LogP) is 10.5. The van der Waals surface area contributed by atoms with Crippen molar-refractivity contribution < 1.29 is 0 Å². The molecule has 0 unspecified atom stereocenters. The summed E-state index contributed by atoms with van der Waals surface area (Å²) in [5, 5.41) is 4.73. The van der Waals surface area contributed by atoms with Crippen LogP contribution in [-0.2, 0) is 0 Å². The number of rotatable bonds is 4. The fourth-order valence-corrected chi connectivity index (χ4v) is 7.16. The fraction of sp³-hybridized carbons (Fsp3) is 0. The van der Waals surface area contributed by atoms with Gasteiger partial charge in [-0.25, -0.2) is 15.0 Å². The van der Waals surface area contributed by atoms with Gasteiger partial charge in [0.25, 0.3) is 0 Å². The molecule has 6 aromatic carbocycles. The van der Waals surface area contributed by atoms with Gasteiger partial charge in [0.15, 0.2) is 5.82 Å². The van der Waals surface area contributed by atoms with Crippen LogP contribution in [0.3, 0.4) is 0 Å². The number of para-hydroxylation sites is 3. The summed E-state index contributed by atoms with van der Waals surface area (Å²) in [5.41, 5.74) is 11.1. The standard InChI is InChI=1S/C43H27N5/c1-3-14-28(15-4-1)36-27-37(29-16-5-2-6-17-29)45-41(44-36)30-18-13-19-31(26-30)47-38-24-11-9-22-34(38)40-32-20-7-8-21-33(32)42-46-35-23-10-12-25-39(35)48(42)43(40)47/h1-27H. The highest BCUT2D eigenvalue weighted by Crippen LogP contribution is 2.40. The van der Waals surface area contributed by atoms with E-state index in [2.05, 4.69) is 136 Å². The molecule has 0 aliphatic carbocycles. The lowest BCUT2D eigenvalue weighted by Crippen LogP contribution is -2.01. The highest BCUT2D eigenvalue weighted by molar-refractivity contribution is 6.23. The van der Waals surface area contributed by atoms with Crippen LogP contribution < -0.4 is 0 Å². The van der Waals surface area contributed by atoms with E-state index >= 15 is 0 Å². The molecule has 48 heavy (non-hydrogen) atoms. The molecule has 0 aliphatic rings. The number of hydrogen-bond donors (Lipinski definition) is 0. The van der Waals surface area contributed by atoms with E-state index in [9.17, 15) is 0 Å². The van der Waals surface area contributed by atoms with Crippen LogP contribution >= 0.6 is 0 Å². The third-order valence-electron chi connectivity index (χ3n) is 9.29. The van der Waals surface area contributed by atoms with E-state index in [0.717, 1.165) is 67.0 Å². The fourth-order valence-electron chi connectivity index (χ4n) is 7.16. The number of nitrogens with zero attached hydrogens (tertiary/aromatic N) is 5. The zero-order valence-corrected chi connectivity index (χ0v) is 25.8. The maximum Gasteiger partial charge on any atom is 0.160 e. The van der Waals surface area contributed by atoms with Crippen LogP contribution in [0.2, 0.25) is 0 Å². The van der Waals surface area contributed by atoms with Crippen LogP contribution in [-0.4, -0.2) is 23.9 Å². The van der Waals surface area contributed by atoms with E-state index in [0.29, 0.717) is 5.82 Å². The van der Waals surface area contributed by atoms with E-state index in [4.69, 9.17) is 15.0 Å². The van der Waals surface area contributed by atoms with Crippen LogP contribution in [0.15, 0.2) is 164 Å². The second-order valence-corrected chi connectivity index (χ2v) is 12.1. The first-order valence-corrected chi connectivity index (χ1v) is 16.1. The monoisotopic (exact) mass is 613 g/mol. The molecule has 4 heterocycles. The Kier molecular flexibility index (Phi) is 5.81. The number of fused-ring (bicyclic) bond motifs is 10. The van der Waals surface area contributed by atoms with Crippen LogP contribution in [0.5, 0.6) is 0 Å². The van der Waals surface area contributed by atoms with Crippen molar-refractivity contribution in [3.05, 3.63) is 164 Å². The molecule has 0 saturated carbocycles. The maximum atomic E-state index is 5.17.